The van der Waals surface area contributed by atoms with Gasteiger partial charge in [0.05, 0.1) is 12.0 Å². The van der Waals surface area contributed by atoms with E-state index in [9.17, 15) is 0 Å². The average Bonchev–Trinajstić information content (AvgIpc) is 2.96. The van der Waals surface area contributed by atoms with Gasteiger partial charge in [-0.25, -0.2) is 4.98 Å². The number of nitrogens with one attached hydrogen (secondary N) is 1. The van der Waals surface area contributed by atoms with Crippen molar-refractivity contribution in [1.82, 2.24) is 20.0 Å². The fraction of sp³-hybridized carbons (Fsp3) is 0.538. The first kappa shape index (κ1) is 12.8. The standard InChI is InChI=1S/C13H20N4O/c1-10(2)13-6-12(16-18-13)7-15-11(3)8-17-5-4-14-9-17/h4-6,9-11,15H,7-8H2,1-3H3. The van der Waals surface area contributed by atoms with Gasteiger partial charge in [0.25, 0.3) is 0 Å². The SMILES string of the molecule is CC(Cn1ccnc1)NCc1cc(C(C)C)on1. The van der Waals surface area contributed by atoms with Crippen molar-refractivity contribution in [1.29, 1.82) is 0 Å². The van der Waals surface area contributed by atoms with Crippen LogP contribution in [0.15, 0.2) is 29.3 Å². The number of imidazole rings is 1. The quantitative estimate of drug-likeness (QED) is 0.851. The van der Waals surface area contributed by atoms with Crippen LogP contribution in [0, 0.1) is 0 Å². The molecule has 0 saturated carbocycles. The highest BCUT2D eigenvalue weighted by molar-refractivity contribution is 5.08. The Kier molecular flexibility index (Phi) is 4.15. The topological polar surface area (TPSA) is 55.9 Å². The minimum Gasteiger partial charge on any atom is -0.361 e. The molecule has 5 heteroatoms. The number of aromatic nitrogens is 3. The van der Waals surface area contributed by atoms with Gasteiger partial charge in [-0.05, 0) is 6.92 Å². The first-order valence-corrected chi connectivity index (χ1v) is 6.29. The van der Waals surface area contributed by atoms with Crippen molar-refractivity contribution in [2.24, 2.45) is 0 Å². The van der Waals surface area contributed by atoms with Gasteiger partial charge >= 0.3 is 0 Å². The van der Waals surface area contributed by atoms with Crippen molar-refractivity contribution in [2.75, 3.05) is 0 Å². The van der Waals surface area contributed by atoms with Crippen LogP contribution >= 0.6 is 0 Å². The Balaban J connectivity index is 1.79. The zero-order valence-electron chi connectivity index (χ0n) is 11.1. The van der Waals surface area contributed by atoms with Crippen LogP contribution in [-0.4, -0.2) is 20.7 Å². The first-order chi connectivity index (χ1) is 8.65. The maximum absolute atomic E-state index is 5.26. The Morgan fingerprint density at radius 2 is 2.22 bits per heavy atom. The lowest BCUT2D eigenvalue weighted by atomic mass is 10.1. The molecule has 5 nitrogen and oxygen atoms in total. The Hall–Kier alpha value is -1.62. The third-order valence-corrected chi connectivity index (χ3v) is 2.82. The second-order valence-corrected chi connectivity index (χ2v) is 4.92. The monoisotopic (exact) mass is 248 g/mol. The summed E-state index contributed by atoms with van der Waals surface area (Å²) in [6.45, 7) is 7.96. The Morgan fingerprint density at radius 3 is 2.83 bits per heavy atom. The Morgan fingerprint density at radius 1 is 1.39 bits per heavy atom. The molecule has 2 rings (SSSR count). The van der Waals surface area contributed by atoms with Crippen LogP contribution in [0.4, 0.5) is 0 Å². The zero-order valence-corrected chi connectivity index (χ0v) is 11.1. The van der Waals surface area contributed by atoms with E-state index >= 15 is 0 Å². The molecule has 0 aliphatic heterocycles. The second-order valence-electron chi connectivity index (χ2n) is 4.92. The van der Waals surface area contributed by atoms with E-state index in [2.05, 4.69) is 40.8 Å². The summed E-state index contributed by atoms with van der Waals surface area (Å²) in [6.07, 6.45) is 5.58. The Labute approximate surface area is 107 Å². The zero-order chi connectivity index (χ0) is 13.0. The first-order valence-electron chi connectivity index (χ1n) is 6.29. The Bertz CT molecular complexity index is 461. The summed E-state index contributed by atoms with van der Waals surface area (Å²) in [4.78, 5) is 4.02. The average molecular weight is 248 g/mol. The smallest absolute Gasteiger partial charge is 0.139 e. The summed E-state index contributed by atoms with van der Waals surface area (Å²) >= 11 is 0. The molecule has 0 amide bonds. The molecule has 0 aliphatic rings. The lowest BCUT2D eigenvalue weighted by molar-refractivity contribution is 0.361. The molecule has 0 radical (unpaired) electrons. The minimum atomic E-state index is 0.360. The van der Waals surface area contributed by atoms with Crippen molar-refractivity contribution >= 4 is 0 Å². The van der Waals surface area contributed by atoms with Crippen molar-refractivity contribution in [3.63, 3.8) is 0 Å². The van der Waals surface area contributed by atoms with Crippen LogP contribution in [-0.2, 0) is 13.1 Å². The molecule has 1 unspecified atom stereocenters. The van der Waals surface area contributed by atoms with Gasteiger partial charge in [-0.15, -0.1) is 0 Å². The van der Waals surface area contributed by atoms with Gasteiger partial charge in [-0.2, -0.15) is 0 Å². The highest BCUT2D eigenvalue weighted by Crippen LogP contribution is 2.14. The van der Waals surface area contributed by atoms with Crippen LogP contribution < -0.4 is 5.32 Å². The van der Waals surface area contributed by atoms with Crippen LogP contribution in [0.5, 0.6) is 0 Å². The lowest BCUT2D eigenvalue weighted by Gasteiger charge is -2.12. The molecule has 0 fully saturated rings. The van der Waals surface area contributed by atoms with Gasteiger partial charge < -0.3 is 14.4 Å². The normalized spacial score (nSPS) is 13.1. The summed E-state index contributed by atoms with van der Waals surface area (Å²) in [6, 6.07) is 2.38. The largest absolute Gasteiger partial charge is 0.361 e. The number of hydrogen-bond donors (Lipinski definition) is 1. The fourth-order valence-corrected chi connectivity index (χ4v) is 1.74. The van der Waals surface area contributed by atoms with Crippen LogP contribution in [0.3, 0.4) is 0 Å². The second kappa shape index (κ2) is 5.82. The molecule has 1 atom stereocenters. The van der Waals surface area contributed by atoms with E-state index in [-0.39, 0.29) is 0 Å². The molecule has 0 bridgehead atoms. The van der Waals surface area contributed by atoms with Gasteiger partial charge in [0.1, 0.15) is 5.76 Å². The molecule has 2 heterocycles. The van der Waals surface area contributed by atoms with E-state index in [4.69, 9.17) is 4.52 Å². The molecule has 18 heavy (non-hydrogen) atoms. The number of hydrogen-bond acceptors (Lipinski definition) is 4. The molecule has 0 saturated heterocycles. The number of nitrogens with zero attached hydrogens (tertiary/aromatic N) is 3. The van der Waals surface area contributed by atoms with Crippen LogP contribution in [0.25, 0.3) is 0 Å². The van der Waals surface area contributed by atoms with E-state index in [1.54, 1.807) is 6.20 Å². The highest BCUT2D eigenvalue weighted by atomic mass is 16.5. The summed E-state index contributed by atoms with van der Waals surface area (Å²) in [5, 5.41) is 7.47. The summed E-state index contributed by atoms with van der Waals surface area (Å²) in [5.41, 5.74) is 0.955. The third kappa shape index (κ3) is 3.43. The molecule has 0 aliphatic carbocycles. The molecule has 2 aromatic rings. The van der Waals surface area contributed by atoms with E-state index < -0.39 is 0 Å². The van der Waals surface area contributed by atoms with Gasteiger partial charge in [-0.1, -0.05) is 19.0 Å². The molecule has 1 N–H and O–H groups in total. The van der Waals surface area contributed by atoms with E-state index in [0.717, 1.165) is 24.5 Å². The van der Waals surface area contributed by atoms with Crippen LogP contribution in [0.2, 0.25) is 0 Å². The fourth-order valence-electron chi connectivity index (χ4n) is 1.74. The third-order valence-electron chi connectivity index (χ3n) is 2.82. The summed E-state index contributed by atoms with van der Waals surface area (Å²) in [7, 11) is 0. The van der Waals surface area contributed by atoms with E-state index in [1.807, 2.05) is 18.6 Å². The molecule has 0 spiro atoms. The summed E-state index contributed by atoms with van der Waals surface area (Å²) < 4.78 is 7.31. The van der Waals surface area contributed by atoms with Gasteiger partial charge in [0, 0.05) is 43.5 Å². The van der Waals surface area contributed by atoms with Crippen molar-refractivity contribution in [3.05, 3.63) is 36.2 Å². The molecular weight excluding hydrogens is 228 g/mol. The van der Waals surface area contributed by atoms with Gasteiger partial charge in [-0.3, -0.25) is 0 Å². The van der Waals surface area contributed by atoms with Crippen LogP contribution in [0.1, 0.15) is 38.1 Å². The minimum absolute atomic E-state index is 0.360. The van der Waals surface area contributed by atoms with E-state index in [0.29, 0.717) is 12.0 Å². The molecule has 2 aromatic heterocycles. The van der Waals surface area contributed by atoms with E-state index in [1.165, 1.54) is 0 Å². The van der Waals surface area contributed by atoms with Gasteiger partial charge in [0.2, 0.25) is 0 Å². The molecular formula is C13H20N4O. The maximum atomic E-state index is 5.26. The van der Waals surface area contributed by atoms with Crippen molar-refractivity contribution < 1.29 is 4.52 Å². The molecule has 0 aromatic carbocycles. The lowest BCUT2D eigenvalue weighted by Crippen LogP contribution is -2.29. The van der Waals surface area contributed by atoms with Crippen molar-refractivity contribution in [2.45, 2.75) is 45.8 Å². The predicted octanol–water partition coefficient (Wildman–Crippen LogP) is 2.17. The maximum Gasteiger partial charge on any atom is 0.139 e. The predicted molar refractivity (Wildman–Crippen MR) is 69.1 cm³/mol. The molecule has 98 valence electrons. The number of rotatable bonds is 6. The van der Waals surface area contributed by atoms with Gasteiger partial charge in [0.15, 0.2) is 0 Å². The summed E-state index contributed by atoms with van der Waals surface area (Å²) in [5.74, 6) is 1.32. The van der Waals surface area contributed by atoms with Crippen molar-refractivity contribution in [3.8, 4) is 0 Å². The highest BCUT2D eigenvalue weighted by Gasteiger charge is 2.09.